The van der Waals surface area contributed by atoms with Crippen molar-refractivity contribution in [2.45, 2.75) is 25.4 Å². The molecule has 3 nitrogen and oxygen atoms in total. The van der Waals surface area contributed by atoms with Gasteiger partial charge in [0.05, 0.1) is 12.3 Å². The molecule has 5 unspecified atom stereocenters. The van der Waals surface area contributed by atoms with Gasteiger partial charge in [-0.2, -0.15) is 5.10 Å². The van der Waals surface area contributed by atoms with Crippen LogP contribution >= 0.6 is 0 Å². The first-order valence-corrected chi connectivity index (χ1v) is 6.42. The van der Waals surface area contributed by atoms with E-state index < -0.39 is 0 Å². The highest BCUT2D eigenvalue weighted by molar-refractivity contribution is 5.20. The first-order chi connectivity index (χ1) is 7.75. The Labute approximate surface area is 95.5 Å². The lowest BCUT2D eigenvalue weighted by Crippen LogP contribution is -2.07. The van der Waals surface area contributed by atoms with Crippen LogP contribution in [0.3, 0.4) is 0 Å². The maximum atomic E-state index is 10.4. The van der Waals surface area contributed by atoms with Crippen LogP contribution in [0.15, 0.2) is 12.4 Å². The molecule has 0 radical (unpaired) electrons. The average Bonchev–Trinajstić information content (AvgIpc) is 2.68. The zero-order valence-corrected chi connectivity index (χ0v) is 9.58. The lowest BCUT2D eigenvalue weighted by atomic mass is 9.96. The van der Waals surface area contributed by atoms with Crippen LogP contribution in [0.1, 0.15) is 30.9 Å². The van der Waals surface area contributed by atoms with E-state index >= 15 is 0 Å². The summed E-state index contributed by atoms with van der Waals surface area (Å²) in [7, 11) is 1.91. The molecular formula is C13H18N2O. The van der Waals surface area contributed by atoms with Gasteiger partial charge in [-0.15, -0.1) is 0 Å². The molecule has 3 aliphatic carbocycles. The van der Waals surface area contributed by atoms with Crippen LogP contribution < -0.4 is 0 Å². The number of nitrogens with zero attached hydrogens (tertiary/aromatic N) is 2. The van der Waals surface area contributed by atoms with Crippen molar-refractivity contribution in [3.8, 4) is 0 Å². The van der Waals surface area contributed by atoms with E-state index in [0.717, 1.165) is 29.2 Å². The van der Waals surface area contributed by atoms with Gasteiger partial charge in [0.2, 0.25) is 0 Å². The molecule has 0 aliphatic heterocycles. The Bertz CT molecular complexity index is 411. The smallest absolute Gasteiger partial charge is 0.0854 e. The number of aromatic nitrogens is 2. The fourth-order valence-electron chi connectivity index (χ4n) is 4.63. The second-order valence-corrected chi connectivity index (χ2v) is 5.96. The molecule has 0 aromatic carbocycles. The molecule has 1 N–H and O–H groups in total. The summed E-state index contributed by atoms with van der Waals surface area (Å²) in [5, 5.41) is 14.5. The molecule has 86 valence electrons. The minimum Gasteiger partial charge on any atom is -0.388 e. The molecule has 3 heteroatoms. The number of aliphatic hydroxyl groups is 1. The largest absolute Gasteiger partial charge is 0.388 e. The number of hydrogen-bond acceptors (Lipinski definition) is 2. The van der Waals surface area contributed by atoms with Crippen molar-refractivity contribution >= 4 is 0 Å². The van der Waals surface area contributed by atoms with E-state index in [-0.39, 0.29) is 6.10 Å². The number of aryl methyl sites for hydroxylation is 1. The van der Waals surface area contributed by atoms with Crippen LogP contribution in [0, 0.1) is 29.6 Å². The summed E-state index contributed by atoms with van der Waals surface area (Å²) in [6.45, 7) is 0. The Morgan fingerprint density at radius 1 is 1.38 bits per heavy atom. The van der Waals surface area contributed by atoms with E-state index in [9.17, 15) is 5.11 Å². The molecule has 3 saturated carbocycles. The average molecular weight is 218 g/mol. The normalized spacial score (nSPS) is 45.8. The maximum Gasteiger partial charge on any atom is 0.0854 e. The third-order valence-electron chi connectivity index (χ3n) is 5.23. The van der Waals surface area contributed by atoms with Crippen molar-refractivity contribution in [2.75, 3.05) is 0 Å². The van der Waals surface area contributed by atoms with Crippen LogP contribution in [-0.4, -0.2) is 14.9 Å². The molecule has 1 aromatic rings. The molecule has 4 rings (SSSR count). The summed E-state index contributed by atoms with van der Waals surface area (Å²) in [4.78, 5) is 0. The van der Waals surface area contributed by atoms with Crippen LogP contribution in [0.4, 0.5) is 0 Å². The highest BCUT2D eigenvalue weighted by atomic mass is 16.3. The van der Waals surface area contributed by atoms with E-state index in [1.807, 2.05) is 19.4 Å². The second-order valence-electron chi connectivity index (χ2n) is 5.96. The predicted octanol–water partition coefficient (Wildman–Crippen LogP) is 1.75. The number of hydrogen-bond donors (Lipinski definition) is 1. The predicted molar refractivity (Wildman–Crippen MR) is 59.5 cm³/mol. The minimum atomic E-state index is -0.257. The Morgan fingerprint density at radius 3 is 2.62 bits per heavy atom. The first-order valence-electron chi connectivity index (χ1n) is 6.42. The van der Waals surface area contributed by atoms with Crippen LogP contribution in [0.25, 0.3) is 0 Å². The highest BCUT2D eigenvalue weighted by Gasteiger charge is 2.66. The van der Waals surface area contributed by atoms with Crippen molar-refractivity contribution in [2.24, 2.45) is 36.6 Å². The van der Waals surface area contributed by atoms with Gasteiger partial charge < -0.3 is 5.11 Å². The summed E-state index contributed by atoms with van der Waals surface area (Å²) >= 11 is 0. The molecule has 2 bridgehead atoms. The lowest BCUT2D eigenvalue weighted by molar-refractivity contribution is 0.130. The topological polar surface area (TPSA) is 38.0 Å². The fourth-order valence-corrected chi connectivity index (χ4v) is 4.63. The molecular weight excluding hydrogens is 200 g/mol. The maximum absolute atomic E-state index is 10.4. The van der Waals surface area contributed by atoms with E-state index in [1.165, 1.54) is 19.3 Å². The summed E-state index contributed by atoms with van der Waals surface area (Å²) in [5.74, 6) is 4.11. The molecule has 0 saturated heterocycles. The molecule has 0 spiro atoms. The van der Waals surface area contributed by atoms with Gasteiger partial charge in [0.1, 0.15) is 0 Å². The van der Waals surface area contributed by atoms with Crippen LogP contribution in [-0.2, 0) is 7.05 Å². The van der Waals surface area contributed by atoms with Gasteiger partial charge in [0.25, 0.3) is 0 Å². The van der Waals surface area contributed by atoms with Crippen molar-refractivity contribution in [1.29, 1.82) is 0 Å². The second kappa shape index (κ2) is 2.89. The van der Waals surface area contributed by atoms with Gasteiger partial charge >= 0.3 is 0 Å². The van der Waals surface area contributed by atoms with Crippen molar-refractivity contribution in [1.82, 2.24) is 9.78 Å². The summed E-state index contributed by atoms with van der Waals surface area (Å²) < 4.78 is 1.78. The van der Waals surface area contributed by atoms with Crippen molar-refractivity contribution in [3.63, 3.8) is 0 Å². The molecule has 0 amide bonds. The molecule has 3 aliphatic rings. The van der Waals surface area contributed by atoms with E-state index in [4.69, 9.17) is 0 Å². The third-order valence-corrected chi connectivity index (χ3v) is 5.23. The van der Waals surface area contributed by atoms with E-state index in [1.54, 1.807) is 4.68 Å². The Kier molecular flexibility index (Phi) is 1.67. The number of rotatable bonds is 2. The monoisotopic (exact) mass is 218 g/mol. The zero-order chi connectivity index (χ0) is 10.9. The molecule has 3 fully saturated rings. The first kappa shape index (κ1) is 9.23. The Balaban J connectivity index is 1.57. The van der Waals surface area contributed by atoms with Gasteiger partial charge in [0, 0.05) is 18.8 Å². The number of fused-ring (bicyclic) bond motifs is 5. The zero-order valence-electron chi connectivity index (χ0n) is 9.58. The Hall–Kier alpha value is -0.830. The van der Waals surface area contributed by atoms with E-state index in [2.05, 4.69) is 5.10 Å². The lowest BCUT2D eigenvalue weighted by Gasteiger charge is -2.13. The van der Waals surface area contributed by atoms with Crippen LogP contribution in [0.5, 0.6) is 0 Å². The van der Waals surface area contributed by atoms with Gasteiger partial charge in [-0.3, -0.25) is 4.68 Å². The standard InChI is InChI=1S/C13H18N2O/c1-15-6-9(5-14-15)13(16)12-10-7-2-3-8(4-7)11(10)12/h5-8,10-13,16H,2-4H2,1H3. The molecule has 1 heterocycles. The summed E-state index contributed by atoms with van der Waals surface area (Å²) in [6, 6.07) is 0. The third kappa shape index (κ3) is 1.05. The van der Waals surface area contributed by atoms with Crippen LogP contribution in [0.2, 0.25) is 0 Å². The van der Waals surface area contributed by atoms with E-state index in [0.29, 0.717) is 5.92 Å². The molecule has 1 aromatic heterocycles. The Morgan fingerprint density at radius 2 is 2.06 bits per heavy atom. The van der Waals surface area contributed by atoms with Gasteiger partial charge in [-0.1, -0.05) is 0 Å². The van der Waals surface area contributed by atoms with Gasteiger partial charge in [0.15, 0.2) is 0 Å². The quantitative estimate of drug-likeness (QED) is 0.821. The van der Waals surface area contributed by atoms with Gasteiger partial charge in [-0.25, -0.2) is 0 Å². The minimum absolute atomic E-state index is 0.257. The van der Waals surface area contributed by atoms with Gasteiger partial charge in [-0.05, 0) is 48.9 Å². The molecule has 5 atom stereocenters. The summed E-state index contributed by atoms with van der Waals surface area (Å²) in [5.41, 5.74) is 1.02. The fraction of sp³-hybridized carbons (Fsp3) is 0.769. The molecule has 16 heavy (non-hydrogen) atoms. The summed E-state index contributed by atoms with van der Waals surface area (Å²) in [6.07, 6.45) is 7.81. The van der Waals surface area contributed by atoms with Crippen molar-refractivity contribution < 1.29 is 5.11 Å². The highest BCUT2D eigenvalue weighted by Crippen LogP contribution is 2.72. The van der Waals surface area contributed by atoms with Crippen molar-refractivity contribution in [3.05, 3.63) is 18.0 Å². The number of aliphatic hydroxyl groups excluding tert-OH is 1. The SMILES string of the molecule is Cn1cc(C(O)C2C3C4CCC(C4)C32)cn1.